The van der Waals surface area contributed by atoms with Gasteiger partial charge in [-0.15, -0.1) is 10.2 Å². The number of nitrogens with one attached hydrogen (secondary N) is 1. The molecular formula is C18H22N4OS. The van der Waals surface area contributed by atoms with Crippen molar-refractivity contribution < 1.29 is 4.79 Å². The molecule has 1 saturated carbocycles. The number of benzene rings is 1. The zero-order chi connectivity index (χ0) is 16.7. The predicted molar refractivity (Wildman–Crippen MR) is 95.4 cm³/mol. The van der Waals surface area contributed by atoms with E-state index in [4.69, 9.17) is 0 Å². The van der Waals surface area contributed by atoms with E-state index in [9.17, 15) is 4.79 Å². The average Bonchev–Trinajstić information content (AvgIpc) is 3.17. The maximum Gasteiger partial charge on any atom is 0.237 e. The number of thioether (sulfide) groups is 1. The smallest absolute Gasteiger partial charge is 0.237 e. The molecule has 4 rings (SSSR count). The molecule has 1 heterocycles. The lowest BCUT2D eigenvalue weighted by Gasteiger charge is -2.13. The highest BCUT2D eigenvalue weighted by molar-refractivity contribution is 8.00. The van der Waals surface area contributed by atoms with Crippen molar-refractivity contribution in [2.24, 2.45) is 0 Å². The number of nitrogens with zero attached hydrogens (tertiary/aromatic N) is 3. The van der Waals surface area contributed by atoms with Crippen LogP contribution in [-0.4, -0.2) is 25.9 Å². The van der Waals surface area contributed by atoms with Gasteiger partial charge in [-0.3, -0.25) is 4.79 Å². The number of hydrogen-bond acceptors (Lipinski definition) is 4. The molecule has 5 nitrogen and oxygen atoms in total. The normalized spacial score (nSPS) is 17.6. The van der Waals surface area contributed by atoms with Crippen LogP contribution in [0, 0.1) is 6.92 Å². The molecule has 1 atom stereocenters. The van der Waals surface area contributed by atoms with Crippen molar-refractivity contribution in [2.45, 2.75) is 62.4 Å². The van der Waals surface area contributed by atoms with Crippen LogP contribution in [0.2, 0.25) is 0 Å². The van der Waals surface area contributed by atoms with Crippen LogP contribution in [0.25, 0.3) is 0 Å². The summed E-state index contributed by atoms with van der Waals surface area (Å²) < 4.78 is 2.17. The molecule has 1 amide bonds. The second-order valence-electron chi connectivity index (χ2n) is 6.72. The van der Waals surface area contributed by atoms with Gasteiger partial charge in [0.2, 0.25) is 5.91 Å². The zero-order valence-corrected chi connectivity index (χ0v) is 14.9. The molecule has 1 aromatic heterocycles. The third-order valence-corrected chi connectivity index (χ3v) is 5.82. The predicted octanol–water partition coefficient (Wildman–Crippen LogP) is 3.53. The highest BCUT2D eigenvalue weighted by atomic mass is 32.2. The monoisotopic (exact) mass is 342 g/mol. The molecule has 0 bridgehead atoms. The summed E-state index contributed by atoms with van der Waals surface area (Å²) in [5.74, 6) is 0.951. The second-order valence-corrected chi connectivity index (χ2v) is 8.03. The first-order valence-electron chi connectivity index (χ1n) is 8.62. The largest absolute Gasteiger partial charge is 0.325 e. The van der Waals surface area contributed by atoms with Crippen LogP contribution in [-0.2, 0) is 17.6 Å². The van der Waals surface area contributed by atoms with Crippen LogP contribution >= 0.6 is 11.8 Å². The minimum absolute atomic E-state index is 0.0148. The quantitative estimate of drug-likeness (QED) is 0.845. The van der Waals surface area contributed by atoms with Gasteiger partial charge in [-0.2, -0.15) is 0 Å². The number of rotatable bonds is 5. The molecular weight excluding hydrogens is 320 g/mol. The molecule has 1 fully saturated rings. The van der Waals surface area contributed by atoms with E-state index >= 15 is 0 Å². The molecule has 1 aromatic carbocycles. The zero-order valence-electron chi connectivity index (χ0n) is 14.1. The van der Waals surface area contributed by atoms with Gasteiger partial charge >= 0.3 is 0 Å². The van der Waals surface area contributed by atoms with E-state index in [1.54, 1.807) is 0 Å². The fourth-order valence-corrected chi connectivity index (χ4v) is 4.25. The summed E-state index contributed by atoms with van der Waals surface area (Å²) in [5.41, 5.74) is 3.69. The van der Waals surface area contributed by atoms with Gasteiger partial charge in [0.25, 0.3) is 0 Å². The number of carbonyl (C=O) groups is 1. The van der Waals surface area contributed by atoms with E-state index in [0.717, 1.165) is 29.5 Å². The van der Waals surface area contributed by atoms with E-state index < -0.39 is 0 Å². The number of aromatic nitrogens is 3. The molecule has 2 aliphatic carbocycles. The van der Waals surface area contributed by atoms with Crippen molar-refractivity contribution >= 4 is 23.4 Å². The Hall–Kier alpha value is -1.82. The van der Waals surface area contributed by atoms with Gasteiger partial charge in [0.15, 0.2) is 5.16 Å². The number of fused-ring (bicyclic) bond motifs is 1. The summed E-state index contributed by atoms with van der Waals surface area (Å²) in [6, 6.07) is 6.79. The van der Waals surface area contributed by atoms with Crippen LogP contribution in [0.1, 0.15) is 49.2 Å². The molecule has 2 aliphatic rings. The fraction of sp³-hybridized carbons (Fsp3) is 0.500. The van der Waals surface area contributed by atoms with Gasteiger partial charge in [-0.05, 0) is 69.2 Å². The SMILES string of the molecule is Cc1nnc(S[C@@H](C)C(=O)Nc2ccc3c(c2)CCC3)n1C1CC1. The van der Waals surface area contributed by atoms with Crippen LogP contribution in [0.5, 0.6) is 0 Å². The summed E-state index contributed by atoms with van der Waals surface area (Å²) in [7, 11) is 0. The van der Waals surface area contributed by atoms with Gasteiger partial charge in [0.1, 0.15) is 5.82 Å². The summed E-state index contributed by atoms with van der Waals surface area (Å²) in [6.07, 6.45) is 5.86. The topological polar surface area (TPSA) is 59.8 Å². The number of aryl methyl sites for hydroxylation is 3. The van der Waals surface area contributed by atoms with Gasteiger partial charge in [-0.1, -0.05) is 17.8 Å². The standard InChI is InChI=1S/C18H22N4OS/c1-11(24-18-21-20-12(2)22(18)16-8-9-16)17(23)19-15-7-6-13-4-3-5-14(13)10-15/h6-7,10-11,16H,3-5,8-9H2,1-2H3,(H,19,23)/t11-/m0/s1. The number of hydrogen-bond donors (Lipinski definition) is 1. The number of anilines is 1. The average molecular weight is 342 g/mol. The van der Waals surface area contributed by atoms with Crippen LogP contribution in [0.3, 0.4) is 0 Å². The van der Waals surface area contributed by atoms with E-state index in [2.05, 4.69) is 32.2 Å². The molecule has 0 aliphatic heterocycles. The maximum atomic E-state index is 12.5. The highest BCUT2D eigenvalue weighted by Crippen LogP contribution is 2.39. The minimum Gasteiger partial charge on any atom is -0.325 e. The van der Waals surface area contributed by atoms with Crippen molar-refractivity contribution in [3.8, 4) is 0 Å². The lowest BCUT2D eigenvalue weighted by molar-refractivity contribution is -0.115. The maximum absolute atomic E-state index is 12.5. The first-order valence-corrected chi connectivity index (χ1v) is 9.50. The Morgan fingerprint density at radius 1 is 1.29 bits per heavy atom. The molecule has 0 radical (unpaired) electrons. The third kappa shape index (κ3) is 3.07. The first-order chi connectivity index (χ1) is 11.6. The van der Waals surface area contributed by atoms with Crippen LogP contribution in [0.15, 0.2) is 23.4 Å². The molecule has 126 valence electrons. The Bertz CT molecular complexity index is 781. The first kappa shape index (κ1) is 15.7. The summed E-state index contributed by atoms with van der Waals surface area (Å²) >= 11 is 1.49. The Kier molecular flexibility index (Phi) is 4.08. The molecule has 24 heavy (non-hydrogen) atoms. The molecule has 0 saturated heterocycles. The van der Waals surface area contributed by atoms with Crippen molar-refractivity contribution in [3.63, 3.8) is 0 Å². The van der Waals surface area contributed by atoms with E-state index in [0.29, 0.717) is 6.04 Å². The Morgan fingerprint density at radius 3 is 2.88 bits per heavy atom. The number of amides is 1. The van der Waals surface area contributed by atoms with Gasteiger partial charge < -0.3 is 9.88 Å². The van der Waals surface area contributed by atoms with Crippen molar-refractivity contribution in [2.75, 3.05) is 5.32 Å². The Morgan fingerprint density at radius 2 is 2.08 bits per heavy atom. The molecule has 6 heteroatoms. The molecule has 2 aromatic rings. The summed E-state index contributed by atoms with van der Waals surface area (Å²) in [4.78, 5) is 12.5. The van der Waals surface area contributed by atoms with Gasteiger partial charge in [0, 0.05) is 11.7 Å². The van der Waals surface area contributed by atoms with Crippen LogP contribution < -0.4 is 5.32 Å². The van der Waals surface area contributed by atoms with Gasteiger partial charge in [-0.25, -0.2) is 0 Å². The summed E-state index contributed by atoms with van der Waals surface area (Å²) in [6.45, 7) is 3.90. The third-order valence-electron chi connectivity index (χ3n) is 4.76. The van der Waals surface area contributed by atoms with Gasteiger partial charge in [0.05, 0.1) is 5.25 Å². The molecule has 1 N–H and O–H groups in total. The highest BCUT2D eigenvalue weighted by Gasteiger charge is 2.29. The van der Waals surface area contributed by atoms with Crippen molar-refractivity contribution in [1.82, 2.24) is 14.8 Å². The lowest BCUT2D eigenvalue weighted by atomic mass is 10.1. The Balaban J connectivity index is 1.43. The lowest BCUT2D eigenvalue weighted by Crippen LogP contribution is -2.23. The van der Waals surface area contributed by atoms with E-state index in [1.807, 2.05) is 19.9 Å². The molecule has 0 spiro atoms. The molecule has 0 unspecified atom stereocenters. The number of carbonyl (C=O) groups excluding carboxylic acids is 1. The van der Waals surface area contributed by atoms with E-state index in [-0.39, 0.29) is 11.2 Å². The fourth-order valence-electron chi connectivity index (χ4n) is 3.29. The van der Waals surface area contributed by atoms with Crippen molar-refractivity contribution in [3.05, 3.63) is 35.2 Å². The second kappa shape index (κ2) is 6.24. The van der Waals surface area contributed by atoms with Crippen LogP contribution in [0.4, 0.5) is 5.69 Å². The van der Waals surface area contributed by atoms with E-state index in [1.165, 1.54) is 42.2 Å². The van der Waals surface area contributed by atoms with Crippen molar-refractivity contribution in [1.29, 1.82) is 0 Å². The summed E-state index contributed by atoms with van der Waals surface area (Å²) in [5, 5.41) is 12.1. The Labute approximate surface area is 146 Å². The minimum atomic E-state index is -0.209.